The summed E-state index contributed by atoms with van der Waals surface area (Å²) in [5, 5.41) is 3.00. The van der Waals surface area contributed by atoms with Crippen molar-refractivity contribution in [2.24, 2.45) is 0 Å². The standard InChI is InChI=1S/C19H33NO3Si/c1-6-22-18(23-7-2)24-14-8-13-20-17(21)15-9-11-16(12-10-15)19(3,4)5/h9-12,18H,6-8,13-14,24H2,1-5H3,(H,20,21). The molecule has 1 rings (SSSR count). The Balaban J connectivity index is 2.31. The maximum Gasteiger partial charge on any atom is 0.251 e. The first kappa shape index (κ1) is 20.9. The third-order valence-corrected chi connectivity index (χ3v) is 5.72. The molecule has 0 heterocycles. The predicted octanol–water partition coefficient (Wildman–Crippen LogP) is 3.05. The van der Waals surface area contributed by atoms with E-state index in [1.807, 2.05) is 38.1 Å². The highest BCUT2D eigenvalue weighted by Gasteiger charge is 2.14. The van der Waals surface area contributed by atoms with Gasteiger partial charge in [0.05, 0.1) is 9.52 Å². The van der Waals surface area contributed by atoms with Crippen LogP contribution in [0, 0.1) is 0 Å². The van der Waals surface area contributed by atoms with Crippen LogP contribution in [-0.4, -0.2) is 41.1 Å². The Kier molecular flexibility index (Phi) is 9.25. The zero-order valence-electron chi connectivity index (χ0n) is 15.9. The average Bonchev–Trinajstić information content (AvgIpc) is 2.54. The van der Waals surface area contributed by atoms with Gasteiger partial charge in [-0.15, -0.1) is 0 Å². The molecule has 1 aromatic carbocycles. The van der Waals surface area contributed by atoms with Gasteiger partial charge in [0, 0.05) is 25.3 Å². The lowest BCUT2D eigenvalue weighted by atomic mass is 9.87. The summed E-state index contributed by atoms with van der Waals surface area (Å²) in [7, 11) is -0.421. The van der Waals surface area contributed by atoms with E-state index in [1.165, 1.54) is 5.56 Å². The number of nitrogens with one attached hydrogen (secondary N) is 1. The SMILES string of the molecule is CCOC(OCC)[SiH2]CCCNC(=O)c1ccc(C(C)(C)C)cc1. The summed E-state index contributed by atoms with van der Waals surface area (Å²) in [6.07, 6.45) is 0.981. The number of carbonyl (C=O) groups excluding carboxylic acids is 1. The molecule has 0 aliphatic rings. The Morgan fingerprint density at radius 2 is 1.71 bits per heavy atom. The fourth-order valence-electron chi connectivity index (χ4n) is 2.45. The van der Waals surface area contributed by atoms with Gasteiger partial charge in [-0.05, 0) is 43.4 Å². The van der Waals surface area contributed by atoms with E-state index >= 15 is 0 Å². The van der Waals surface area contributed by atoms with Crippen LogP contribution in [0.2, 0.25) is 6.04 Å². The van der Waals surface area contributed by atoms with E-state index in [1.54, 1.807) is 0 Å². The van der Waals surface area contributed by atoms with Gasteiger partial charge in [0.1, 0.15) is 5.91 Å². The number of hydrogen-bond acceptors (Lipinski definition) is 3. The maximum atomic E-state index is 12.2. The summed E-state index contributed by atoms with van der Waals surface area (Å²) in [5.74, 6) is 0.0175. The molecule has 0 saturated heterocycles. The molecule has 0 bridgehead atoms. The van der Waals surface area contributed by atoms with Crippen molar-refractivity contribution in [3.63, 3.8) is 0 Å². The first-order chi connectivity index (χ1) is 11.4. The fourth-order valence-corrected chi connectivity index (χ4v) is 4.12. The molecule has 1 amide bonds. The highest BCUT2D eigenvalue weighted by molar-refractivity contribution is 6.36. The molecule has 4 nitrogen and oxygen atoms in total. The number of carbonyl (C=O) groups is 1. The Bertz CT molecular complexity index is 476. The summed E-state index contributed by atoms with van der Waals surface area (Å²) < 4.78 is 11.1. The highest BCUT2D eigenvalue weighted by atomic mass is 28.2. The van der Waals surface area contributed by atoms with E-state index in [4.69, 9.17) is 9.47 Å². The zero-order valence-corrected chi connectivity index (χ0v) is 17.3. The Labute approximate surface area is 149 Å². The van der Waals surface area contributed by atoms with Crippen LogP contribution >= 0.6 is 0 Å². The van der Waals surface area contributed by atoms with Crippen molar-refractivity contribution < 1.29 is 14.3 Å². The molecule has 24 heavy (non-hydrogen) atoms. The second-order valence-corrected chi connectivity index (χ2v) is 8.87. The van der Waals surface area contributed by atoms with Crippen LogP contribution in [0.15, 0.2) is 24.3 Å². The molecule has 0 saturated carbocycles. The largest absolute Gasteiger partial charge is 0.357 e. The summed E-state index contributed by atoms with van der Waals surface area (Å²) in [6, 6.07) is 9.00. The molecule has 0 atom stereocenters. The molecule has 136 valence electrons. The van der Waals surface area contributed by atoms with Gasteiger partial charge >= 0.3 is 0 Å². The number of benzene rings is 1. The van der Waals surface area contributed by atoms with Gasteiger partial charge in [-0.1, -0.05) is 38.9 Å². The molecule has 0 aliphatic heterocycles. The molecule has 0 aliphatic carbocycles. The van der Waals surface area contributed by atoms with E-state index in [9.17, 15) is 4.79 Å². The maximum absolute atomic E-state index is 12.2. The summed E-state index contributed by atoms with van der Waals surface area (Å²) in [5.41, 5.74) is 2.07. The molecule has 0 fully saturated rings. The smallest absolute Gasteiger partial charge is 0.251 e. The molecule has 0 radical (unpaired) electrons. The molecule has 5 heteroatoms. The van der Waals surface area contributed by atoms with Crippen molar-refractivity contribution in [1.29, 1.82) is 0 Å². The van der Waals surface area contributed by atoms with Gasteiger partial charge in [0.25, 0.3) is 5.91 Å². The summed E-state index contributed by atoms with van der Waals surface area (Å²) >= 11 is 0. The molecular formula is C19H33NO3Si. The van der Waals surface area contributed by atoms with Crippen molar-refractivity contribution in [1.82, 2.24) is 5.32 Å². The van der Waals surface area contributed by atoms with Crippen LogP contribution in [0.4, 0.5) is 0 Å². The fraction of sp³-hybridized carbons (Fsp3) is 0.632. The first-order valence-electron chi connectivity index (χ1n) is 9.00. The van der Waals surface area contributed by atoms with Gasteiger partial charge in [0.2, 0.25) is 0 Å². The van der Waals surface area contributed by atoms with Crippen LogP contribution in [0.5, 0.6) is 0 Å². The van der Waals surface area contributed by atoms with Crippen LogP contribution in [0.3, 0.4) is 0 Å². The zero-order chi connectivity index (χ0) is 18.0. The Hall–Kier alpha value is -1.17. The molecule has 0 aromatic heterocycles. The van der Waals surface area contributed by atoms with Gasteiger partial charge in [-0.3, -0.25) is 4.79 Å². The second-order valence-electron chi connectivity index (χ2n) is 6.92. The van der Waals surface area contributed by atoms with E-state index in [0.717, 1.165) is 18.0 Å². The minimum Gasteiger partial charge on any atom is -0.357 e. The Morgan fingerprint density at radius 3 is 2.21 bits per heavy atom. The van der Waals surface area contributed by atoms with E-state index in [0.29, 0.717) is 19.8 Å². The monoisotopic (exact) mass is 351 g/mol. The van der Waals surface area contributed by atoms with Crippen LogP contribution < -0.4 is 5.32 Å². The Morgan fingerprint density at radius 1 is 1.12 bits per heavy atom. The summed E-state index contributed by atoms with van der Waals surface area (Å²) in [4.78, 5) is 12.2. The minimum absolute atomic E-state index is 0.00305. The van der Waals surface area contributed by atoms with E-state index in [2.05, 4.69) is 26.1 Å². The van der Waals surface area contributed by atoms with Crippen molar-refractivity contribution in [3.05, 3.63) is 35.4 Å². The van der Waals surface area contributed by atoms with Crippen molar-refractivity contribution in [3.8, 4) is 0 Å². The topological polar surface area (TPSA) is 47.6 Å². The average molecular weight is 352 g/mol. The van der Waals surface area contributed by atoms with E-state index in [-0.39, 0.29) is 17.2 Å². The van der Waals surface area contributed by atoms with Crippen molar-refractivity contribution in [2.75, 3.05) is 19.8 Å². The van der Waals surface area contributed by atoms with Crippen molar-refractivity contribution in [2.45, 2.75) is 58.4 Å². The van der Waals surface area contributed by atoms with Crippen LogP contribution in [0.1, 0.15) is 57.0 Å². The molecular weight excluding hydrogens is 318 g/mol. The van der Waals surface area contributed by atoms with Gasteiger partial charge < -0.3 is 14.8 Å². The second kappa shape index (κ2) is 10.6. The number of amides is 1. The molecule has 1 N–H and O–H groups in total. The third kappa shape index (κ3) is 7.60. The van der Waals surface area contributed by atoms with Gasteiger partial charge in [0.15, 0.2) is 0 Å². The quantitative estimate of drug-likeness (QED) is 0.400. The molecule has 0 unspecified atom stereocenters. The normalized spacial score (nSPS) is 12.2. The first-order valence-corrected chi connectivity index (χ1v) is 10.8. The summed E-state index contributed by atoms with van der Waals surface area (Å²) in [6.45, 7) is 12.6. The minimum atomic E-state index is -0.421. The number of rotatable bonds is 10. The number of hydrogen-bond donors (Lipinski definition) is 1. The van der Waals surface area contributed by atoms with Gasteiger partial charge in [-0.25, -0.2) is 0 Å². The van der Waals surface area contributed by atoms with Crippen LogP contribution in [0.25, 0.3) is 0 Å². The molecule has 0 spiro atoms. The molecule has 1 aromatic rings. The lowest BCUT2D eigenvalue weighted by Gasteiger charge is -2.19. The van der Waals surface area contributed by atoms with Crippen molar-refractivity contribution >= 4 is 15.4 Å². The predicted molar refractivity (Wildman–Crippen MR) is 102 cm³/mol. The van der Waals surface area contributed by atoms with Gasteiger partial charge in [-0.2, -0.15) is 0 Å². The van der Waals surface area contributed by atoms with Crippen LogP contribution in [-0.2, 0) is 14.9 Å². The lowest BCUT2D eigenvalue weighted by molar-refractivity contribution is -0.0827. The third-order valence-electron chi connectivity index (χ3n) is 3.87. The lowest BCUT2D eigenvalue weighted by Crippen LogP contribution is -2.27. The highest BCUT2D eigenvalue weighted by Crippen LogP contribution is 2.22. The number of ether oxygens (including phenoxy) is 2. The van der Waals surface area contributed by atoms with E-state index < -0.39 is 9.52 Å².